The number of rotatable bonds is 5. The van der Waals surface area contributed by atoms with Crippen LogP contribution in [-0.2, 0) is 6.54 Å². The maximum absolute atomic E-state index is 12.3. The van der Waals surface area contributed by atoms with Gasteiger partial charge in [-0.25, -0.2) is 13.8 Å². The number of hydrogen-bond donors (Lipinski definition) is 1. The zero-order valence-corrected chi connectivity index (χ0v) is 9.60. The highest BCUT2D eigenvalue weighted by Gasteiger charge is 2.16. The van der Waals surface area contributed by atoms with Gasteiger partial charge < -0.3 is 5.73 Å². The molecule has 1 heterocycles. The van der Waals surface area contributed by atoms with Crippen LogP contribution >= 0.6 is 11.3 Å². The molecule has 1 aromatic heterocycles. The third-order valence-corrected chi connectivity index (χ3v) is 2.84. The normalized spacial score (nSPS) is 11.9. The van der Waals surface area contributed by atoms with E-state index in [1.807, 2.05) is 13.8 Å². The highest BCUT2D eigenvalue weighted by Crippen LogP contribution is 2.18. The lowest BCUT2D eigenvalue weighted by atomic mass is 10.3. The summed E-state index contributed by atoms with van der Waals surface area (Å²) in [6.07, 6.45) is -0.668. The van der Waals surface area contributed by atoms with Crippen molar-refractivity contribution in [1.82, 2.24) is 9.88 Å². The molecule has 0 amide bonds. The molecule has 0 aromatic carbocycles. The first kappa shape index (κ1) is 12.3. The molecular formula is C9H15F2N3S. The third-order valence-electron chi connectivity index (χ3n) is 2.03. The van der Waals surface area contributed by atoms with Crippen LogP contribution in [-0.4, -0.2) is 28.9 Å². The summed E-state index contributed by atoms with van der Waals surface area (Å²) in [5.74, 6) is 0. The molecule has 0 fully saturated rings. The Morgan fingerprint density at radius 3 is 2.60 bits per heavy atom. The molecule has 0 unspecified atom stereocenters. The summed E-state index contributed by atoms with van der Waals surface area (Å²) in [5.41, 5.74) is 5.47. The SMILES string of the molecule is CC(C)N(Cc1cnc(N)s1)CC(F)F. The van der Waals surface area contributed by atoms with Gasteiger partial charge in [-0.15, -0.1) is 11.3 Å². The molecule has 0 saturated heterocycles. The number of nitrogens with two attached hydrogens (primary N) is 1. The van der Waals surface area contributed by atoms with Gasteiger partial charge in [0.1, 0.15) is 0 Å². The molecule has 86 valence electrons. The topological polar surface area (TPSA) is 42.2 Å². The van der Waals surface area contributed by atoms with Crippen molar-refractivity contribution in [1.29, 1.82) is 0 Å². The van der Waals surface area contributed by atoms with Gasteiger partial charge in [-0.2, -0.15) is 0 Å². The Bertz CT molecular complexity index is 301. The maximum atomic E-state index is 12.3. The van der Waals surface area contributed by atoms with Gasteiger partial charge in [-0.05, 0) is 13.8 Å². The van der Waals surface area contributed by atoms with Crippen LogP contribution in [0.3, 0.4) is 0 Å². The van der Waals surface area contributed by atoms with Gasteiger partial charge in [0.05, 0.1) is 6.54 Å². The molecule has 0 saturated carbocycles. The van der Waals surface area contributed by atoms with E-state index in [-0.39, 0.29) is 12.6 Å². The lowest BCUT2D eigenvalue weighted by molar-refractivity contribution is 0.0695. The maximum Gasteiger partial charge on any atom is 0.251 e. The fraction of sp³-hybridized carbons (Fsp3) is 0.667. The fourth-order valence-corrected chi connectivity index (χ4v) is 1.94. The predicted molar refractivity (Wildman–Crippen MR) is 58.1 cm³/mol. The minimum Gasteiger partial charge on any atom is -0.375 e. The van der Waals surface area contributed by atoms with Gasteiger partial charge in [0, 0.05) is 23.7 Å². The van der Waals surface area contributed by atoms with Crippen molar-refractivity contribution >= 4 is 16.5 Å². The Morgan fingerprint density at radius 1 is 1.53 bits per heavy atom. The Hall–Kier alpha value is -0.750. The summed E-state index contributed by atoms with van der Waals surface area (Å²) in [7, 11) is 0. The van der Waals surface area contributed by atoms with Crippen molar-refractivity contribution in [3.05, 3.63) is 11.1 Å². The molecule has 0 radical (unpaired) electrons. The van der Waals surface area contributed by atoms with Crippen LogP contribution in [0.2, 0.25) is 0 Å². The molecule has 2 N–H and O–H groups in total. The quantitative estimate of drug-likeness (QED) is 0.850. The molecule has 15 heavy (non-hydrogen) atoms. The average molecular weight is 235 g/mol. The number of nitrogen functional groups attached to an aromatic ring is 1. The second-order valence-electron chi connectivity index (χ2n) is 3.58. The molecule has 0 atom stereocenters. The first-order valence-corrected chi connectivity index (χ1v) is 5.53. The second kappa shape index (κ2) is 5.37. The highest BCUT2D eigenvalue weighted by atomic mass is 32.1. The Kier molecular flexibility index (Phi) is 4.41. The summed E-state index contributed by atoms with van der Waals surface area (Å²) in [6, 6.07) is 0.0855. The van der Waals surface area contributed by atoms with E-state index < -0.39 is 6.43 Å². The van der Waals surface area contributed by atoms with Gasteiger partial charge in [-0.3, -0.25) is 4.90 Å². The zero-order chi connectivity index (χ0) is 11.4. The van der Waals surface area contributed by atoms with Crippen LogP contribution < -0.4 is 5.73 Å². The van der Waals surface area contributed by atoms with Crippen molar-refractivity contribution in [2.75, 3.05) is 12.3 Å². The largest absolute Gasteiger partial charge is 0.375 e. The smallest absolute Gasteiger partial charge is 0.251 e. The van der Waals surface area contributed by atoms with E-state index in [4.69, 9.17) is 5.73 Å². The Balaban J connectivity index is 2.58. The summed E-state index contributed by atoms with van der Waals surface area (Å²) >= 11 is 1.34. The monoisotopic (exact) mass is 235 g/mol. The van der Waals surface area contributed by atoms with Crippen molar-refractivity contribution in [3.8, 4) is 0 Å². The molecule has 1 rings (SSSR count). The van der Waals surface area contributed by atoms with Crippen molar-refractivity contribution in [2.24, 2.45) is 0 Å². The fourth-order valence-electron chi connectivity index (χ4n) is 1.23. The van der Waals surface area contributed by atoms with Crippen LogP contribution in [0.1, 0.15) is 18.7 Å². The van der Waals surface area contributed by atoms with Crippen molar-refractivity contribution < 1.29 is 8.78 Å². The molecule has 0 aliphatic heterocycles. The van der Waals surface area contributed by atoms with Crippen molar-refractivity contribution in [3.63, 3.8) is 0 Å². The molecule has 0 bridgehead atoms. The number of halogens is 2. The first-order valence-electron chi connectivity index (χ1n) is 4.71. The molecule has 3 nitrogen and oxygen atoms in total. The molecular weight excluding hydrogens is 220 g/mol. The molecule has 0 spiro atoms. The standard InChI is InChI=1S/C9H15F2N3S/c1-6(2)14(5-8(10)11)4-7-3-13-9(12)15-7/h3,6,8H,4-5H2,1-2H3,(H2,12,13). The molecule has 6 heteroatoms. The van der Waals surface area contributed by atoms with E-state index >= 15 is 0 Å². The highest BCUT2D eigenvalue weighted by molar-refractivity contribution is 7.15. The van der Waals surface area contributed by atoms with Gasteiger partial charge in [0.2, 0.25) is 0 Å². The van der Waals surface area contributed by atoms with Gasteiger partial charge in [-0.1, -0.05) is 0 Å². The van der Waals surface area contributed by atoms with E-state index in [2.05, 4.69) is 4.98 Å². The summed E-state index contributed by atoms with van der Waals surface area (Å²) < 4.78 is 24.5. The molecule has 0 aliphatic carbocycles. The van der Waals surface area contributed by atoms with E-state index in [0.717, 1.165) is 4.88 Å². The van der Waals surface area contributed by atoms with E-state index in [1.54, 1.807) is 11.1 Å². The van der Waals surface area contributed by atoms with Crippen molar-refractivity contribution in [2.45, 2.75) is 32.9 Å². The molecule has 0 aliphatic rings. The first-order chi connectivity index (χ1) is 6.99. The second-order valence-corrected chi connectivity index (χ2v) is 4.73. The van der Waals surface area contributed by atoms with E-state index in [1.165, 1.54) is 11.3 Å². The summed E-state index contributed by atoms with van der Waals surface area (Å²) in [6.45, 7) is 4.06. The van der Waals surface area contributed by atoms with E-state index in [9.17, 15) is 8.78 Å². The number of thiazole rings is 1. The number of nitrogens with zero attached hydrogens (tertiary/aromatic N) is 2. The number of alkyl halides is 2. The lowest BCUT2D eigenvalue weighted by Crippen LogP contribution is -2.34. The van der Waals surface area contributed by atoms with Gasteiger partial charge in [0.25, 0.3) is 6.43 Å². The number of hydrogen-bond acceptors (Lipinski definition) is 4. The van der Waals surface area contributed by atoms with Crippen LogP contribution in [0.15, 0.2) is 6.20 Å². The predicted octanol–water partition coefficient (Wildman–Crippen LogP) is 2.20. The average Bonchev–Trinajstić information content (AvgIpc) is 2.49. The van der Waals surface area contributed by atoms with Crippen LogP contribution in [0.5, 0.6) is 0 Å². The van der Waals surface area contributed by atoms with E-state index in [0.29, 0.717) is 11.7 Å². The zero-order valence-electron chi connectivity index (χ0n) is 8.78. The van der Waals surface area contributed by atoms with Gasteiger partial charge in [0.15, 0.2) is 5.13 Å². The van der Waals surface area contributed by atoms with Crippen LogP contribution in [0.4, 0.5) is 13.9 Å². The van der Waals surface area contributed by atoms with Crippen LogP contribution in [0, 0.1) is 0 Å². The summed E-state index contributed by atoms with van der Waals surface area (Å²) in [5, 5.41) is 0.478. The van der Waals surface area contributed by atoms with Crippen LogP contribution in [0.25, 0.3) is 0 Å². The Morgan fingerprint density at radius 2 is 2.20 bits per heavy atom. The third kappa shape index (κ3) is 4.09. The minimum absolute atomic E-state index is 0.0855. The number of aromatic nitrogens is 1. The number of anilines is 1. The lowest BCUT2D eigenvalue weighted by Gasteiger charge is -2.24. The summed E-state index contributed by atoms with van der Waals surface area (Å²) in [4.78, 5) is 6.51. The molecule has 1 aromatic rings. The minimum atomic E-state index is -2.31. The van der Waals surface area contributed by atoms with Gasteiger partial charge >= 0.3 is 0 Å². The Labute approximate surface area is 91.9 Å².